The molecule has 0 aromatic heterocycles. The Morgan fingerprint density at radius 1 is 0.929 bits per heavy atom. The van der Waals surface area contributed by atoms with Crippen molar-refractivity contribution in [3.8, 4) is 0 Å². The Kier molecular flexibility index (Phi) is 6.53. The van der Waals surface area contributed by atoms with E-state index in [1.165, 1.54) is 75.8 Å². The smallest absolute Gasteiger partial charge is 0.174 e. The van der Waals surface area contributed by atoms with Gasteiger partial charge in [-0.2, -0.15) is 8.78 Å². The molecule has 4 rings (SSSR count). The van der Waals surface area contributed by atoms with Crippen molar-refractivity contribution in [2.24, 2.45) is 29.6 Å². The molecule has 0 bridgehead atoms. The first-order valence-corrected chi connectivity index (χ1v) is 11.8. The Hall–Kier alpha value is -1.18. The second kappa shape index (κ2) is 9.09. The quantitative estimate of drug-likeness (QED) is 0.485. The van der Waals surface area contributed by atoms with E-state index in [4.69, 9.17) is 0 Å². The summed E-state index contributed by atoms with van der Waals surface area (Å²) in [5, 5.41) is 0. The van der Waals surface area contributed by atoms with Crippen LogP contribution in [0, 0.1) is 29.6 Å². The number of hydrogen-bond acceptors (Lipinski definition) is 0. The molecule has 1 aromatic carbocycles. The zero-order valence-electron chi connectivity index (χ0n) is 17.4. The van der Waals surface area contributed by atoms with Gasteiger partial charge in [-0.15, -0.1) is 0 Å². The van der Waals surface area contributed by atoms with Crippen LogP contribution in [0.2, 0.25) is 0 Å². The number of allylic oxidation sites excluding steroid dienone is 1. The molecule has 2 fully saturated rings. The molecule has 28 heavy (non-hydrogen) atoms. The molecule has 0 radical (unpaired) electrons. The summed E-state index contributed by atoms with van der Waals surface area (Å²) in [4.78, 5) is 0. The van der Waals surface area contributed by atoms with Gasteiger partial charge in [0, 0.05) is 0 Å². The Balaban J connectivity index is 1.34. The van der Waals surface area contributed by atoms with Gasteiger partial charge in [-0.3, -0.25) is 0 Å². The Bertz CT molecular complexity index is 688. The summed E-state index contributed by atoms with van der Waals surface area (Å²) in [5.74, 6) is 3.33. The van der Waals surface area contributed by atoms with Gasteiger partial charge in [0.2, 0.25) is 0 Å². The molecule has 0 heterocycles. The standard InChI is InChI=1S/C26H36F2/c1-2-3-4-18-5-7-22-16-24(11-9-20(22)13-18)25-12-10-21-14-19(15-26(27)28)6-8-23(21)17-25/h5,7,13,15,19,21,23-25H,2-4,6,8-12,14,16-17H2,1H3/t19-,21?,23-,24?,25?/m1/s1. The molecule has 2 saturated carbocycles. The van der Waals surface area contributed by atoms with Gasteiger partial charge in [0.1, 0.15) is 0 Å². The molecular weight excluding hydrogens is 350 g/mol. The topological polar surface area (TPSA) is 0 Å². The van der Waals surface area contributed by atoms with Crippen molar-refractivity contribution in [3.63, 3.8) is 0 Å². The van der Waals surface area contributed by atoms with Gasteiger partial charge in [-0.1, -0.05) is 31.5 Å². The first-order valence-electron chi connectivity index (χ1n) is 11.8. The molecule has 0 N–H and O–H groups in total. The van der Waals surface area contributed by atoms with E-state index in [9.17, 15) is 8.78 Å². The molecule has 3 aliphatic rings. The number of unbranched alkanes of at least 4 members (excludes halogenated alkanes) is 1. The zero-order chi connectivity index (χ0) is 19.5. The van der Waals surface area contributed by atoms with Crippen molar-refractivity contribution >= 4 is 0 Å². The third-order valence-electron chi connectivity index (χ3n) is 8.08. The van der Waals surface area contributed by atoms with Crippen LogP contribution in [0.4, 0.5) is 8.78 Å². The third kappa shape index (κ3) is 4.69. The van der Waals surface area contributed by atoms with E-state index in [1.807, 2.05) is 0 Å². The molecule has 0 aliphatic heterocycles. The first kappa shape index (κ1) is 20.1. The molecule has 3 unspecified atom stereocenters. The fraction of sp³-hybridized carbons (Fsp3) is 0.692. The van der Waals surface area contributed by atoms with Crippen LogP contribution in [0.5, 0.6) is 0 Å². The third-order valence-corrected chi connectivity index (χ3v) is 8.08. The van der Waals surface area contributed by atoms with Crippen molar-refractivity contribution in [2.45, 2.75) is 84.0 Å². The Labute approximate surface area is 169 Å². The molecule has 0 amide bonds. The summed E-state index contributed by atoms with van der Waals surface area (Å²) in [5.41, 5.74) is 4.74. The first-order chi connectivity index (χ1) is 13.6. The van der Waals surface area contributed by atoms with Crippen LogP contribution in [-0.4, -0.2) is 0 Å². The Morgan fingerprint density at radius 3 is 2.46 bits per heavy atom. The summed E-state index contributed by atoms with van der Waals surface area (Å²) < 4.78 is 25.2. The average molecular weight is 387 g/mol. The van der Waals surface area contributed by atoms with Gasteiger partial charge in [0.15, 0.2) is 0 Å². The summed E-state index contributed by atoms with van der Waals surface area (Å²) in [6.45, 7) is 2.26. The fourth-order valence-corrected chi connectivity index (χ4v) is 6.49. The predicted molar refractivity (Wildman–Crippen MR) is 113 cm³/mol. The van der Waals surface area contributed by atoms with Gasteiger partial charge >= 0.3 is 0 Å². The largest absolute Gasteiger partial charge is 0.266 e. The fourth-order valence-electron chi connectivity index (χ4n) is 6.49. The van der Waals surface area contributed by atoms with Crippen molar-refractivity contribution in [1.82, 2.24) is 0 Å². The van der Waals surface area contributed by atoms with Gasteiger partial charge in [-0.05, 0) is 123 Å². The SMILES string of the molecule is CCCCc1ccc2c(c1)CCC(C1CCC3C[C@H](C=C(F)F)CC[C@@H]3C1)C2. The maximum atomic E-state index is 12.6. The van der Waals surface area contributed by atoms with E-state index >= 15 is 0 Å². The normalized spacial score (nSPS) is 32.3. The minimum atomic E-state index is -1.48. The zero-order valence-corrected chi connectivity index (χ0v) is 17.4. The summed E-state index contributed by atoms with van der Waals surface area (Å²) in [6, 6.07) is 7.27. The molecule has 0 saturated heterocycles. The van der Waals surface area contributed by atoms with Crippen molar-refractivity contribution in [3.05, 3.63) is 47.0 Å². The lowest BCUT2D eigenvalue weighted by Gasteiger charge is -2.44. The van der Waals surface area contributed by atoms with Gasteiger partial charge < -0.3 is 0 Å². The molecule has 2 heteroatoms. The average Bonchev–Trinajstić information content (AvgIpc) is 2.71. The molecule has 5 atom stereocenters. The monoisotopic (exact) mass is 386 g/mol. The second-order valence-electron chi connectivity index (χ2n) is 9.83. The van der Waals surface area contributed by atoms with Crippen LogP contribution in [-0.2, 0) is 19.3 Å². The van der Waals surface area contributed by atoms with E-state index in [0.717, 1.165) is 30.6 Å². The number of benzene rings is 1. The number of aryl methyl sites for hydroxylation is 2. The van der Waals surface area contributed by atoms with E-state index in [-0.39, 0.29) is 5.92 Å². The lowest BCUT2D eigenvalue weighted by atomic mass is 9.61. The van der Waals surface area contributed by atoms with E-state index in [2.05, 4.69) is 25.1 Å². The van der Waals surface area contributed by atoms with Gasteiger partial charge in [0.05, 0.1) is 0 Å². The lowest BCUT2D eigenvalue weighted by molar-refractivity contribution is 0.0803. The molecule has 0 spiro atoms. The molecule has 154 valence electrons. The van der Waals surface area contributed by atoms with Crippen LogP contribution < -0.4 is 0 Å². The van der Waals surface area contributed by atoms with E-state index in [0.29, 0.717) is 5.92 Å². The summed E-state index contributed by atoms with van der Waals surface area (Å²) in [7, 11) is 0. The number of fused-ring (bicyclic) bond motifs is 2. The summed E-state index contributed by atoms with van der Waals surface area (Å²) >= 11 is 0. The minimum absolute atomic E-state index is 0.131. The van der Waals surface area contributed by atoms with Crippen molar-refractivity contribution in [2.75, 3.05) is 0 Å². The highest BCUT2D eigenvalue weighted by Gasteiger charge is 2.38. The van der Waals surface area contributed by atoms with Crippen LogP contribution in [0.25, 0.3) is 0 Å². The minimum Gasteiger partial charge on any atom is -0.174 e. The highest BCUT2D eigenvalue weighted by Crippen LogP contribution is 2.48. The molecular formula is C26H36F2. The lowest BCUT2D eigenvalue weighted by Crippen LogP contribution is -2.34. The highest BCUT2D eigenvalue weighted by atomic mass is 19.3. The maximum absolute atomic E-state index is 12.6. The van der Waals surface area contributed by atoms with Gasteiger partial charge in [-0.25, -0.2) is 0 Å². The van der Waals surface area contributed by atoms with Crippen LogP contribution in [0.15, 0.2) is 30.4 Å². The maximum Gasteiger partial charge on any atom is 0.266 e. The second-order valence-corrected chi connectivity index (χ2v) is 9.83. The summed E-state index contributed by atoms with van der Waals surface area (Å²) in [6.07, 6.45) is 14.5. The molecule has 1 aromatic rings. The van der Waals surface area contributed by atoms with Crippen LogP contribution >= 0.6 is 0 Å². The van der Waals surface area contributed by atoms with Crippen LogP contribution in [0.3, 0.4) is 0 Å². The highest BCUT2D eigenvalue weighted by molar-refractivity contribution is 5.34. The number of hydrogen-bond donors (Lipinski definition) is 0. The predicted octanol–water partition coefficient (Wildman–Crippen LogP) is 7.75. The Morgan fingerprint density at radius 2 is 1.68 bits per heavy atom. The van der Waals surface area contributed by atoms with Crippen LogP contribution in [0.1, 0.15) is 81.4 Å². The van der Waals surface area contributed by atoms with E-state index < -0.39 is 6.08 Å². The number of halogens is 2. The molecule has 0 nitrogen and oxygen atoms in total. The van der Waals surface area contributed by atoms with E-state index in [1.54, 1.807) is 11.1 Å². The van der Waals surface area contributed by atoms with Crippen molar-refractivity contribution in [1.29, 1.82) is 0 Å². The number of rotatable bonds is 5. The van der Waals surface area contributed by atoms with Crippen molar-refractivity contribution < 1.29 is 8.78 Å². The molecule has 3 aliphatic carbocycles. The van der Waals surface area contributed by atoms with Gasteiger partial charge in [0.25, 0.3) is 6.08 Å².